The van der Waals surface area contributed by atoms with Gasteiger partial charge in [-0.1, -0.05) is 13.8 Å². The Hall–Kier alpha value is -1.29. The predicted molar refractivity (Wildman–Crippen MR) is 78.9 cm³/mol. The monoisotopic (exact) mass is 265 g/mol. The van der Waals surface area contributed by atoms with Crippen molar-refractivity contribution in [3.05, 3.63) is 24.0 Å². The topological polar surface area (TPSA) is 37.3 Å². The molecule has 0 radical (unpaired) electrons. The van der Waals surface area contributed by atoms with Crippen LogP contribution in [-0.4, -0.2) is 35.5 Å². The third-order valence-electron chi connectivity index (χ3n) is 3.18. The van der Waals surface area contributed by atoms with Gasteiger partial charge in [-0.25, -0.2) is 0 Å². The molecule has 0 aliphatic carbocycles. The van der Waals surface area contributed by atoms with E-state index >= 15 is 0 Å². The fourth-order valence-corrected chi connectivity index (χ4v) is 2.09. The summed E-state index contributed by atoms with van der Waals surface area (Å²) in [5.41, 5.74) is 1.22. The number of carbonyl (C=O) groups excluding carboxylic acids is 1. The number of aryl methyl sites for hydroxylation is 1. The van der Waals surface area contributed by atoms with Gasteiger partial charge in [0, 0.05) is 39.6 Å². The van der Waals surface area contributed by atoms with Crippen molar-refractivity contribution in [2.24, 2.45) is 5.92 Å². The van der Waals surface area contributed by atoms with Crippen LogP contribution in [-0.2, 0) is 17.9 Å². The second-order valence-electron chi connectivity index (χ2n) is 5.65. The van der Waals surface area contributed by atoms with Crippen molar-refractivity contribution < 1.29 is 4.79 Å². The maximum absolute atomic E-state index is 12.1. The quantitative estimate of drug-likeness (QED) is 0.820. The summed E-state index contributed by atoms with van der Waals surface area (Å²) in [4.78, 5) is 13.8. The molecule has 1 unspecified atom stereocenters. The number of likely N-dealkylation sites (N-methyl/N-ethyl adjacent to an activating group) is 1. The molecule has 0 bridgehead atoms. The smallest absolute Gasteiger partial charge is 0.239 e. The number of nitrogens with zero attached hydrogens (tertiary/aromatic N) is 2. The van der Waals surface area contributed by atoms with Crippen LogP contribution in [0.25, 0.3) is 0 Å². The highest BCUT2D eigenvalue weighted by atomic mass is 16.2. The van der Waals surface area contributed by atoms with Crippen LogP contribution in [0.2, 0.25) is 0 Å². The van der Waals surface area contributed by atoms with Crippen LogP contribution in [0.5, 0.6) is 0 Å². The fraction of sp³-hybridized carbons (Fsp3) is 0.667. The number of carbonyl (C=O) groups is 1. The van der Waals surface area contributed by atoms with Crippen LogP contribution in [0.4, 0.5) is 0 Å². The summed E-state index contributed by atoms with van der Waals surface area (Å²) in [6.45, 7) is 8.13. The van der Waals surface area contributed by atoms with Crippen LogP contribution in [0.3, 0.4) is 0 Å². The van der Waals surface area contributed by atoms with E-state index in [4.69, 9.17) is 0 Å². The zero-order valence-corrected chi connectivity index (χ0v) is 12.8. The summed E-state index contributed by atoms with van der Waals surface area (Å²) in [6, 6.07) is 2.00. The maximum atomic E-state index is 12.1. The van der Waals surface area contributed by atoms with Crippen molar-refractivity contribution in [1.29, 1.82) is 0 Å². The molecular weight excluding hydrogens is 238 g/mol. The van der Waals surface area contributed by atoms with Gasteiger partial charge in [-0.15, -0.1) is 0 Å². The van der Waals surface area contributed by atoms with E-state index in [1.165, 1.54) is 5.56 Å². The largest absolute Gasteiger partial charge is 0.354 e. The van der Waals surface area contributed by atoms with Gasteiger partial charge in [-0.3, -0.25) is 4.79 Å². The average Bonchev–Trinajstić information content (AvgIpc) is 2.80. The molecule has 4 heteroatoms. The molecule has 0 saturated heterocycles. The first-order valence-corrected chi connectivity index (χ1v) is 7.03. The third-order valence-corrected chi connectivity index (χ3v) is 3.18. The molecule has 1 aromatic heterocycles. The van der Waals surface area contributed by atoms with E-state index in [9.17, 15) is 4.79 Å². The lowest BCUT2D eigenvalue weighted by molar-refractivity contribution is -0.131. The normalized spacial score (nSPS) is 12.7. The third kappa shape index (κ3) is 5.07. The van der Waals surface area contributed by atoms with E-state index in [2.05, 4.69) is 49.1 Å². The van der Waals surface area contributed by atoms with Gasteiger partial charge < -0.3 is 14.8 Å². The first kappa shape index (κ1) is 15.8. The van der Waals surface area contributed by atoms with Crippen molar-refractivity contribution in [2.45, 2.75) is 46.3 Å². The Labute approximate surface area is 116 Å². The lowest BCUT2D eigenvalue weighted by atomic mass is 10.0. The van der Waals surface area contributed by atoms with Crippen molar-refractivity contribution >= 4 is 5.91 Å². The standard InChI is InChI=1S/C15H27N3O/c1-6-18-8-7-13(11-18)10-16-14(9-12(2)3)15(19)17(4)5/h7-8,11-12,14,16H,6,9-10H2,1-5H3. The van der Waals surface area contributed by atoms with Gasteiger partial charge in [0.15, 0.2) is 0 Å². The molecule has 0 fully saturated rings. The minimum absolute atomic E-state index is 0.0972. The second-order valence-corrected chi connectivity index (χ2v) is 5.65. The van der Waals surface area contributed by atoms with Gasteiger partial charge in [0.25, 0.3) is 0 Å². The van der Waals surface area contributed by atoms with Gasteiger partial charge in [0.1, 0.15) is 0 Å². The first-order chi connectivity index (χ1) is 8.93. The lowest BCUT2D eigenvalue weighted by Gasteiger charge is -2.23. The number of nitrogens with one attached hydrogen (secondary N) is 1. The highest BCUT2D eigenvalue weighted by molar-refractivity contribution is 5.81. The molecule has 0 aliphatic rings. The molecule has 1 N–H and O–H groups in total. The van der Waals surface area contributed by atoms with Crippen LogP contribution >= 0.6 is 0 Å². The Morgan fingerprint density at radius 2 is 2.11 bits per heavy atom. The molecule has 0 aliphatic heterocycles. The molecule has 1 aromatic rings. The van der Waals surface area contributed by atoms with E-state index in [1.807, 2.05) is 14.1 Å². The van der Waals surface area contributed by atoms with Crippen LogP contribution in [0.1, 0.15) is 32.8 Å². The van der Waals surface area contributed by atoms with Gasteiger partial charge >= 0.3 is 0 Å². The van der Waals surface area contributed by atoms with E-state index in [-0.39, 0.29) is 11.9 Å². The van der Waals surface area contributed by atoms with Crippen molar-refractivity contribution in [3.63, 3.8) is 0 Å². The summed E-state index contributed by atoms with van der Waals surface area (Å²) in [5, 5.41) is 3.38. The molecule has 1 atom stereocenters. The number of aromatic nitrogens is 1. The fourth-order valence-electron chi connectivity index (χ4n) is 2.09. The van der Waals surface area contributed by atoms with Gasteiger partial charge in [-0.05, 0) is 30.9 Å². The molecule has 1 heterocycles. The summed E-state index contributed by atoms with van der Waals surface area (Å²) < 4.78 is 2.14. The molecule has 19 heavy (non-hydrogen) atoms. The molecule has 0 aromatic carbocycles. The number of rotatable bonds is 7. The highest BCUT2D eigenvalue weighted by Gasteiger charge is 2.20. The number of hydrogen-bond donors (Lipinski definition) is 1. The zero-order chi connectivity index (χ0) is 14.4. The van der Waals surface area contributed by atoms with Crippen LogP contribution in [0.15, 0.2) is 18.5 Å². The summed E-state index contributed by atoms with van der Waals surface area (Å²) in [5.74, 6) is 0.658. The van der Waals surface area contributed by atoms with E-state index in [0.29, 0.717) is 5.92 Å². The first-order valence-electron chi connectivity index (χ1n) is 7.03. The molecule has 1 amide bonds. The van der Waals surface area contributed by atoms with Gasteiger partial charge in [0.2, 0.25) is 5.91 Å². The lowest BCUT2D eigenvalue weighted by Crippen LogP contribution is -2.44. The van der Waals surface area contributed by atoms with E-state index in [0.717, 1.165) is 19.5 Å². The maximum Gasteiger partial charge on any atom is 0.239 e. The average molecular weight is 265 g/mol. The molecule has 108 valence electrons. The van der Waals surface area contributed by atoms with Gasteiger partial charge in [-0.2, -0.15) is 0 Å². The summed E-state index contributed by atoms with van der Waals surface area (Å²) >= 11 is 0. The van der Waals surface area contributed by atoms with Crippen molar-refractivity contribution in [1.82, 2.24) is 14.8 Å². The summed E-state index contributed by atoms with van der Waals surface area (Å²) in [6.07, 6.45) is 5.06. The highest BCUT2D eigenvalue weighted by Crippen LogP contribution is 2.09. The Morgan fingerprint density at radius 1 is 1.42 bits per heavy atom. The minimum Gasteiger partial charge on any atom is -0.354 e. The van der Waals surface area contributed by atoms with Crippen LogP contribution < -0.4 is 5.32 Å². The van der Waals surface area contributed by atoms with Crippen molar-refractivity contribution in [2.75, 3.05) is 14.1 Å². The van der Waals surface area contributed by atoms with Gasteiger partial charge in [0.05, 0.1) is 6.04 Å². The van der Waals surface area contributed by atoms with Crippen molar-refractivity contribution in [3.8, 4) is 0 Å². The molecule has 0 saturated carbocycles. The van der Waals surface area contributed by atoms with E-state index in [1.54, 1.807) is 4.90 Å². The molecular formula is C15H27N3O. The SMILES string of the molecule is CCn1ccc(CNC(CC(C)C)C(=O)N(C)C)c1. The predicted octanol–water partition coefficient (Wildman–Crippen LogP) is 2.10. The van der Waals surface area contributed by atoms with Crippen LogP contribution in [0, 0.1) is 5.92 Å². The Bertz CT molecular complexity index is 396. The summed E-state index contributed by atoms with van der Waals surface area (Å²) in [7, 11) is 3.62. The van der Waals surface area contributed by atoms with E-state index < -0.39 is 0 Å². The second kappa shape index (κ2) is 7.34. The zero-order valence-electron chi connectivity index (χ0n) is 12.8. The molecule has 0 spiro atoms. The number of hydrogen-bond acceptors (Lipinski definition) is 2. The Morgan fingerprint density at radius 3 is 2.58 bits per heavy atom. The minimum atomic E-state index is -0.0972. The Balaban J connectivity index is 2.59. The molecule has 4 nitrogen and oxygen atoms in total. The molecule has 1 rings (SSSR count). The number of amides is 1. The Kier molecular flexibility index (Phi) is 6.09.